The van der Waals surface area contributed by atoms with E-state index in [0.717, 1.165) is 30.0 Å². The highest BCUT2D eigenvalue weighted by Gasteiger charge is 2.30. The molecular weight excluding hydrogens is 510 g/mol. The van der Waals surface area contributed by atoms with Crippen LogP contribution in [0.4, 0.5) is 5.69 Å². The lowest BCUT2D eigenvalue weighted by molar-refractivity contribution is -0.385. The number of hydrogen-bond acceptors (Lipinski definition) is 7. The molecule has 0 bridgehead atoms. The normalized spacial score (nSPS) is 13.5. The first kappa shape index (κ1) is 27.3. The average molecular weight is 542 g/mol. The highest BCUT2D eigenvalue weighted by atomic mass is 32.2. The minimum atomic E-state index is -4.17. The number of carbonyl (C=O) groups is 1. The van der Waals surface area contributed by atoms with Crippen LogP contribution in [0.5, 0.6) is 11.6 Å². The summed E-state index contributed by atoms with van der Waals surface area (Å²) < 4.78 is 36.5. The van der Waals surface area contributed by atoms with Gasteiger partial charge in [0.2, 0.25) is 15.9 Å². The number of amides is 1. The van der Waals surface area contributed by atoms with Gasteiger partial charge in [-0.05, 0) is 62.8 Å². The third kappa shape index (κ3) is 5.86. The Morgan fingerprint density at radius 3 is 2.53 bits per heavy atom. The Morgan fingerprint density at radius 2 is 1.89 bits per heavy atom. The number of ether oxygens (including phenoxy) is 1. The Kier molecular flexibility index (Phi) is 7.56. The summed E-state index contributed by atoms with van der Waals surface area (Å²) in [7, 11) is -4.17. The summed E-state index contributed by atoms with van der Waals surface area (Å²) in [5, 5.41) is 18.9. The molecule has 1 heterocycles. The van der Waals surface area contributed by atoms with E-state index >= 15 is 0 Å². The quantitative estimate of drug-likeness (QED) is 0.287. The highest BCUT2D eigenvalue weighted by molar-refractivity contribution is 7.89. The number of carbonyl (C=O) groups excluding carboxylic acids is 1. The number of benzene rings is 2. The summed E-state index contributed by atoms with van der Waals surface area (Å²) in [6, 6.07) is 9.22. The number of non-ortho nitro benzene ring substituents is 1. The van der Waals surface area contributed by atoms with Gasteiger partial charge in [-0.25, -0.2) is 13.1 Å². The van der Waals surface area contributed by atoms with Crippen molar-refractivity contribution in [2.45, 2.75) is 58.4 Å². The van der Waals surface area contributed by atoms with Crippen LogP contribution in [0.1, 0.15) is 53.9 Å². The van der Waals surface area contributed by atoms with Gasteiger partial charge in [-0.2, -0.15) is 9.78 Å². The predicted molar refractivity (Wildman–Crippen MR) is 141 cm³/mol. The second-order valence-electron chi connectivity index (χ2n) is 9.96. The van der Waals surface area contributed by atoms with Crippen molar-refractivity contribution in [3.63, 3.8) is 0 Å². The molecule has 1 aliphatic carbocycles. The van der Waals surface area contributed by atoms with E-state index in [1.165, 1.54) is 16.8 Å². The molecule has 0 spiro atoms. The number of hydrogen-bond donors (Lipinski definition) is 2. The molecular formula is C26H31N5O6S. The molecule has 1 fully saturated rings. The molecule has 202 valence electrons. The van der Waals surface area contributed by atoms with E-state index < -0.39 is 20.6 Å². The first-order chi connectivity index (χ1) is 17.9. The Morgan fingerprint density at radius 1 is 1.18 bits per heavy atom. The first-order valence-corrected chi connectivity index (χ1v) is 13.8. The maximum atomic E-state index is 13.2. The maximum absolute atomic E-state index is 13.2. The number of aromatic nitrogens is 2. The Hall–Kier alpha value is -3.77. The van der Waals surface area contributed by atoms with Crippen LogP contribution in [0, 0.1) is 36.8 Å². The molecule has 3 aromatic rings. The Balaban J connectivity index is 1.86. The molecule has 0 unspecified atom stereocenters. The van der Waals surface area contributed by atoms with Crippen molar-refractivity contribution >= 4 is 21.6 Å². The van der Waals surface area contributed by atoms with Gasteiger partial charge >= 0.3 is 0 Å². The van der Waals surface area contributed by atoms with E-state index in [2.05, 4.69) is 15.1 Å². The third-order valence-corrected chi connectivity index (χ3v) is 7.55. The number of rotatable bonds is 10. The van der Waals surface area contributed by atoms with Crippen LogP contribution in [-0.4, -0.2) is 41.6 Å². The lowest BCUT2D eigenvalue weighted by Crippen LogP contribution is -2.28. The molecule has 38 heavy (non-hydrogen) atoms. The summed E-state index contributed by atoms with van der Waals surface area (Å²) in [5.41, 5.74) is 2.61. The lowest BCUT2D eigenvalue weighted by Gasteiger charge is -2.16. The van der Waals surface area contributed by atoms with Crippen LogP contribution in [0.2, 0.25) is 0 Å². The molecule has 2 aromatic carbocycles. The van der Waals surface area contributed by atoms with Crippen molar-refractivity contribution in [2.24, 2.45) is 5.92 Å². The molecule has 0 saturated heterocycles. The number of nitrogens with one attached hydrogen (secondary N) is 2. The van der Waals surface area contributed by atoms with Crippen molar-refractivity contribution in [1.29, 1.82) is 0 Å². The lowest BCUT2D eigenvalue weighted by atomic mass is 10.1. The van der Waals surface area contributed by atoms with Gasteiger partial charge in [0.25, 0.3) is 11.6 Å². The SMILES string of the molecule is Cc1ccc(C)c(-n2nc(C(=O)NC3CC3)c(C)c2Oc2ccc([N+](=O)[O-])cc2S(=O)(=O)NCC(C)C)c1. The van der Waals surface area contributed by atoms with E-state index in [1.807, 2.05) is 45.9 Å². The second kappa shape index (κ2) is 10.5. The fourth-order valence-electron chi connectivity index (χ4n) is 3.77. The van der Waals surface area contributed by atoms with Crippen LogP contribution >= 0.6 is 0 Å². The van der Waals surface area contributed by atoms with Gasteiger partial charge in [0.1, 0.15) is 10.6 Å². The fourth-order valence-corrected chi connectivity index (χ4v) is 5.13. The Bertz CT molecular complexity index is 1510. The average Bonchev–Trinajstić information content (AvgIpc) is 3.61. The van der Waals surface area contributed by atoms with Gasteiger partial charge in [0, 0.05) is 30.3 Å². The summed E-state index contributed by atoms with van der Waals surface area (Å²) >= 11 is 0. The Labute approximate surface area is 221 Å². The van der Waals surface area contributed by atoms with Gasteiger partial charge in [-0.15, -0.1) is 0 Å². The number of nitro benzene ring substituents is 1. The van der Waals surface area contributed by atoms with Crippen LogP contribution in [0.25, 0.3) is 5.69 Å². The predicted octanol–water partition coefficient (Wildman–Crippen LogP) is 4.32. The standard InChI is InChI=1S/C26H31N5O6S/c1-15(2)14-27-38(35,36)23-13-20(31(33)34)10-11-22(23)37-26-18(5)24(25(32)28-19-8-9-19)29-30(26)21-12-16(3)6-7-17(21)4/h6-7,10-13,15,19,27H,8-9,14H2,1-5H3,(H,28,32). The van der Waals surface area contributed by atoms with Crippen molar-refractivity contribution in [3.05, 3.63) is 68.9 Å². The van der Waals surface area contributed by atoms with E-state index in [-0.39, 0.29) is 46.6 Å². The smallest absolute Gasteiger partial charge is 0.272 e. The summed E-state index contributed by atoms with van der Waals surface area (Å²) in [4.78, 5) is 23.4. The van der Waals surface area contributed by atoms with E-state index in [4.69, 9.17) is 4.74 Å². The summed E-state index contributed by atoms with van der Waals surface area (Å²) in [6.07, 6.45) is 1.80. The highest BCUT2D eigenvalue weighted by Crippen LogP contribution is 2.36. The molecule has 2 N–H and O–H groups in total. The topological polar surface area (TPSA) is 145 Å². The van der Waals surface area contributed by atoms with Crippen LogP contribution in [0.15, 0.2) is 41.3 Å². The zero-order valence-electron chi connectivity index (χ0n) is 21.9. The van der Waals surface area contributed by atoms with E-state index in [0.29, 0.717) is 11.3 Å². The number of sulfonamides is 1. The summed E-state index contributed by atoms with van der Waals surface area (Å²) in [6.45, 7) is 9.29. The van der Waals surface area contributed by atoms with Gasteiger partial charge in [-0.1, -0.05) is 26.0 Å². The first-order valence-electron chi connectivity index (χ1n) is 12.3. The van der Waals surface area contributed by atoms with Crippen LogP contribution in [-0.2, 0) is 10.0 Å². The van der Waals surface area contributed by atoms with Gasteiger partial charge in [0.15, 0.2) is 5.69 Å². The van der Waals surface area contributed by atoms with Crippen molar-refractivity contribution in [3.8, 4) is 17.3 Å². The minimum Gasteiger partial charge on any atom is -0.437 e. The largest absolute Gasteiger partial charge is 0.437 e. The molecule has 0 radical (unpaired) electrons. The van der Waals surface area contributed by atoms with Crippen LogP contribution < -0.4 is 14.8 Å². The molecule has 1 saturated carbocycles. The molecule has 1 aliphatic rings. The van der Waals surface area contributed by atoms with Crippen molar-refractivity contribution in [1.82, 2.24) is 19.8 Å². The monoisotopic (exact) mass is 541 g/mol. The van der Waals surface area contributed by atoms with Crippen LogP contribution in [0.3, 0.4) is 0 Å². The van der Waals surface area contributed by atoms with Gasteiger partial charge in [-0.3, -0.25) is 14.9 Å². The molecule has 11 nitrogen and oxygen atoms in total. The van der Waals surface area contributed by atoms with Crippen molar-refractivity contribution in [2.75, 3.05) is 6.54 Å². The van der Waals surface area contributed by atoms with E-state index in [1.54, 1.807) is 6.92 Å². The number of aryl methyl sites for hydroxylation is 2. The minimum absolute atomic E-state index is 0.00773. The molecule has 1 amide bonds. The number of nitro groups is 1. The fraction of sp³-hybridized carbons (Fsp3) is 0.385. The van der Waals surface area contributed by atoms with Gasteiger partial charge in [0.05, 0.1) is 10.6 Å². The third-order valence-electron chi connectivity index (χ3n) is 6.10. The molecule has 4 rings (SSSR count). The molecule has 0 aliphatic heterocycles. The zero-order chi connectivity index (χ0) is 27.8. The number of nitrogens with zero attached hydrogens (tertiary/aromatic N) is 3. The van der Waals surface area contributed by atoms with Crippen molar-refractivity contribution < 1.29 is 22.9 Å². The second-order valence-corrected chi connectivity index (χ2v) is 11.7. The molecule has 0 atom stereocenters. The molecule has 1 aromatic heterocycles. The molecule has 12 heteroatoms. The zero-order valence-corrected chi connectivity index (χ0v) is 22.8. The maximum Gasteiger partial charge on any atom is 0.272 e. The van der Waals surface area contributed by atoms with Gasteiger partial charge < -0.3 is 10.1 Å². The summed E-state index contributed by atoms with van der Waals surface area (Å²) in [5.74, 6) is -0.341. The van der Waals surface area contributed by atoms with E-state index in [9.17, 15) is 23.3 Å².